The summed E-state index contributed by atoms with van der Waals surface area (Å²) in [6.45, 7) is 0.900. The average molecular weight is 272 g/mol. The summed E-state index contributed by atoms with van der Waals surface area (Å²) in [7, 11) is 3.22. The van der Waals surface area contributed by atoms with E-state index in [1.54, 1.807) is 7.05 Å². The first-order chi connectivity index (χ1) is 9.70. The van der Waals surface area contributed by atoms with Crippen LogP contribution in [0.25, 0.3) is 10.9 Å². The van der Waals surface area contributed by atoms with Crippen LogP contribution in [0, 0.1) is 5.92 Å². The maximum absolute atomic E-state index is 12.2. The number of hydrogen-bond acceptors (Lipinski definition) is 2. The average Bonchev–Trinajstić information content (AvgIpc) is 2.70. The molecule has 3 rings (SSSR count). The molecular weight excluding hydrogens is 252 g/mol. The van der Waals surface area contributed by atoms with E-state index in [4.69, 9.17) is 4.84 Å². The van der Waals surface area contributed by atoms with Gasteiger partial charge in [0.15, 0.2) is 0 Å². The van der Waals surface area contributed by atoms with Gasteiger partial charge in [0.2, 0.25) is 5.91 Å². The molecule has 1 aromatic carbocycles. The van der Waals surface area contributed by atoms with Crippen molar-refractivity contribution < 1.29 is 9.63 Å². The van der Waals surface area contributed by atoms with E-state index in [0.29, 0.717) is 0 Å². The fourth-order valence-corrected chi connectivity index (χ4v) is 3.08. The SMILES string of the molecule is CON(C)C(=O)C1CCc2cc3ccccc3n2CC1. The van der Waals surface area contributed by atoms with Crippen molar-refractivity contribution in [3.05, 3.63) is 36.0 Å². The summed E-state index contributed by atoms with van der Waals surface area (Å²) in [4.78, 5) is 17.2. The Bertz CT molecular complexity index is 632. The maximum Gasteiger partial charge on any atom is 0.249 e. The zero-order chi connectivity index (χ0) is 14.1. The number of rotatable bonds is 2. The molecule has 1 amide bonds. The van der Waals surface area contributed by atoms with Crippen molar-refractivity contribution in [1.82, 2.24) is 9.63 Å². The van der Waals surface area contributed by atoms with E-state index in [-0.39, 0.29) is 11.8 Å². The largest absolute Gasteiger partial charge is 0.345 e. The van der Waals surface area contributed by atoms with E-state index < -0.39 is 0 Å². The molecule has 2 heterocycles. The second kappa shape index (κ2) is 5.29. The minimum atomic E-state index is 0.0543. The highest BCUT2D eigenvalue weighted by Crippen LogP contribution is 2.27. The Hall–Kier alpha value is -1.81. The summed E-state index contributed by atoms with van der Waals surface area (Å²) < 4.78 is 2.36. The number of benzene rings is 1. The number of fused-ring (bicyclic) bond motifs is 3. The number of nitrogens with zero attached hydrogens (tertiary/aromatic N) is 2. The lowest BCUT2D eigenvalue weighted by atomic mass is 9.98. The molecule has 4 heteroatoms. The Balaban J connectivity index is 1.84. The molecule has 0 spiro atoms. The summed E-state index contributed by atoms with van der Waals surface area (Å²) in [5, 5.41) is 2.64. The van der Waals surface area contributed by atoms with E-state index >= 15 is 0 Å². The number of aromatic nitrogens is 1. The molecule has 0 radical (unpaired) electrons. The van der Waals surface area contributed by atoms with E-state index in [1.165, 1.54) is 28.8 Å². The van der Waals surface area contributed by atoms with Gasteiger partial charge in [0.25, 0.3) is 0 Å². The van der Waals surface area contributed by atoms with Crippen molar-refractivity contribution in [2.45, 2.75) is 25.8 Å². The summed E-state index contributed by atoms with van der Waals surface area (Å²) in [6.07, 6.45) is 2.71. The highest BCUT2D eigenvalue weighted by molar-refractivity contribution is 5.82. The summed E-state index contributed by atoms with van der Waals surface area (Å²) in [6, 6.07) is 10.7. The third-order valence-corrected chi connectivity index (χ3v) is 4.28. The van der Waals surface area contributed by atoms with Gasteiger partial charge in [-0.3, -0.25) is 9.63 Å². The first-order valence-corrected chi connectivity index (χ1v) is 7.09. The molecule has 0 fully saturated rings. The highest BCUT2D eigenvalue weighted by atomic mass is 16.7. The number of carbonyl (C=O) groups is 1. The molecule has 2 aromatic rings. The molecule has 20 heavy (non-hydrogen) atoms. The van der Waals surface area contributed by atoms with E-state index in [1.807, 2.05) is 0 Å². The van der Waals surface area contributed by atoms with Crippen molar-refractivity contribution in [3.8, 4) is 0 Å². The molecular formula is C16H20N2O2. The van der Waals surface area contributed by atoms with Crippen LogP contribution in [0.1, 0.15) is 18.5 Å². The molecule has 0 bridgehead atoms. The molecule has 1 aromatic heterocycles. The van der Waals surface area contributed by atoms with Crippen molar-refractivity contribution in [2.24, 2.45) is 5.92 Å². The van der Waals surface area contributed by atoms with E-state index in [0.717, 1.165) is 25.8 Å². The number of amides is 1. The zero-order valence-electron chi connectivity index (χ0n) is 12.0. The molecule has 0 aliphatic carbocycles. The van der Waals surface area contributed by atoms with Gasteiger partial charge in [0.1, 0.15) is 0 Å². The smallest absolute Gasteiger partial charge is 0.249 e. The Morgan fingerprint density at radius 3 is 2.95 bits per heavy atom. The van der Waals surface area contributed by atoms with Gasteiger partial charge in [-0.2, -0.15) is 0 Å². The van der Waals surface area contributed by atoms with Gasteiger partial charge in [-0.1, -0.05) is 18.2 Å². The Kier molecular flexibility index (Phi) is 3.49. The van der Waals surface area contributed by atoms with Crippen LogP contribution in [-0.4, -0.2) is 29.7 Å². The predicted molar refractivity (Wildman–Crippen MR) is 78.1 cm³/mol. The fourth-order valence-electron chi connectivity index (χ4n) is 3.08. The van der Waals surface area contributed by atoms with Crippen molar-refractivity contribution in [3.63, 3.8) is 0 Å². The van der Waals surface area contributed by atoms with Gasteiger partial charge in [0, 0.05) is 30.7 Å². The number of hydroxylamine groups is 2. The zero-order valence-corrected chi connectivity index (χ0v) is 12.0. The first-order valence-electron chi connectivity index (χ1n) is 7.09. The lowest BCUT2D eigenvalue weighted by Crippen LogP contribution is -2.32. The molecule has 0 saturated heterocycles. The summed E-state index contributed by atoms with van der Waals surface area (Å²) >= 11 is 0. The summed E-state index contributed by atoms with van der Waals surface area (Å²) in [5.74, 6) is 0.140. The number of aryl methyl sites for hydroxylation is 2. The third-order valence-electron chi connectivity index (χ3n) is 4.28. The van der Waals surface area contributed by atoms with Gasteiger partial charge in [-0.15, -0.1) is 0 Å². The molecule has 0 saturated carbocycles. The van der Waals surface area contributed by atoms with Crippen LogP contribution < -0.4 is 0 Å². The summed E-state index contributed by atoms with van der Waals surface area (Å²) in [5.41, 5.74) is 2.61. The van der Waals surface area contributed by atoms with Crippen LogP contribution in [0.5, 0.6) is 0 Å². The number of para-hydroxylation sites is 1. The topological polar surface area (TPSA) is 34.5 Å². The van der Waals surface area contributed by atoms with Crippen molar-refractivity contribution in [1.29, 1.82) is 0 Å². The van der Waals surface area contributed by atoms with Gasteiger partial charge in [-0.05, 0) is 36.8 Å². The van der Waals surface area contributed by atoms with Crippen molar-refractivity contribution >= 4 is 16.8 Å². The predicted octanol–water partition coefficient (Wildman–Crippen LogP) is 2.61. The second-order valence-corrected chi connectivity index (χ2v) is 5.39. The lowest BCUT2D eigenvalue weighted by Gasteiger charge is -2.20. The Labute approximate surface area is 118 Å². The lowest BCUT2D eigenvalue weighted by molar-refractivity contribution is -0.173. The molecule has 0 N–H and O–H groups in total. The van der Waals surface area contributed by atoms with Gasteiger partial charge >= 0.3 is 0 Å². The minimum Gasteiger partial charge on any atom is -0.345 e. The molecule has 106 valence electrons. The van der Waals surface area contributed by atoms with Gasteiger partial charge < -0.3 is 4.57 Å². The Morgan fingerprint density at radius 1 is 1.35 bits per heavy atom. The number of hydrogen-bond donors (Lipinski definition) is 0. The molecule has 1 aliphatic heterocycles. The fraction of sp³-hybridized carbons (Fsp3) is 0.438. The quantitative estimate of drug-likeness (QED) is 0.788. The van der Waals surface area contributed by atoms with Crippen LogP contribution in [0.4, 0.5) is 0 Å². The first kappa shape index (κ1) is 13.2. The Morgan fingerprint density at radius 2 is 2.15 bits per heavy atom. The van der Waals surface area contributed by atoms with E-state index in [9.17, 15) is 4.79 Å². The second-order valence-electron chi connectivity index (χ2n) is 5.39. The van der Waals surface area contributed by atoms with Crippen LogP contribution >= 0.6 is 0 Å². The van der Waals surface area contributed by atoms with Crippen LogP contribution in [0.3, 0.4) is 0 Å². The number of carbonyl (C=O) groups excluding carboxylic acids is 1. The maximum atomic E-state index is 12.2. The van der Waals surface area contributed by atoms with Gasteiger partial charge in [-0.25, -0.2) is 5.06 Å². The van der Waals surface area contributed by atoms with Crippen LogP contribution in [-0.2, 0) is 22.6 Å². The van der Waals surface area contributed by atoms with Gasteiger partial charge in [0.05, 0.1) is 7.11 Å². The molecule has 1 aliphatic rings. The standard InChI is InChI=1S/C16H20N2O2/c1-17(20-2)16(19)12-7-8-14-11-13-5-3-4-6-15(13)18(14)10-9-12/h3-6,11-12H,7-10H2,1-2H3. The third kappa shape index (κ3) is 2.20. The van der Waals surface area contributed by atoms with E-state index in [2.05, 4.69) is 34.9 Å². The molecule has 4 nitrogen and oxygen atoms in total. The molecule has 1 unspecified atom stereocenters. The normalized spacial score (nSPS) is 18.6. The molecule has 1 atom stereocenters. The minimum absolute atomic E-state index is 0.0543. The monoisotopic (exact) mass is 272 g/mol. The van der Waals surface area contributed by atoms with Crippen molar-refractivity contribution in [2.75, 3.05) is 14.2 Å². The van der Waals surface area contributed by atoms with Crippen LogP contribution in [0.2, 0.25) is 0 Å². The van der Waals surface area contributed by atoms with Crippen LogP contribution in [0.15, 0.2) is 30.3 Å². The highest BCUT2D eigenvalue weighted by Gasteiger charge is 2.25.